The van der Waals surface area contributed by atoms with Gasteiger partial charge in [-0.3, -0.25) is 0 Å². The van der Waals surface area contributed by atoms with E-state index < -0.39 is 11.8 Å². The Balaban J connectivity index is 1.93. The summed E-state index contributed by atoms with van der Waals surface area (Å²) >= 11 is 0. The monoisotopic (exact) mass is 330 g/mol. The summed E-state index contributed by atoms with van der Waals surface area (Å²) in [5, 5.41) is 8.86. The van der Waals surface area contributed by atoms with Gasteiger partial charge in [0.05, 0.1) is 11.1 Å². The van der Waals surface area contributed by atoms with Crippen LogP contribution < -0.4 is 0 Å². The van der Waals surface area contributed by atoms with E-state index in [4.69, 9.17) is 5.11 Å². The fourth-order valence-corrected chi connectivity index (χ4v) is 2.56. The van der Waals surface area contributed by atoms with Gasteiger partial charge in [0.2, 0.25) is 0 Å². The van der Waals surface area contributed by atoms with Crippen molar-refractivity contribution in [3.8, 4) is 11.4 Å². The summed E-state index contributed by atoms with van der Waals surface area (Å²) in [6.07, 6.45) is 11.8. The highest BCUT2D eigenvalue weighted by atomic mass is 19.1. The van der Waals surface area contributed by atoms with Crippen molar-refractivity contribution in [3.63, 3.8) is 0 Å². The van der Waals surface area contributed by atoms with Crippen molar-refractivity contribution in [2.45, 2.75) is 51.9 Å². The molecule has 0 unspecified atom stereocenters. The number of halogens is 1. The molecule has 0 aliphatic carbocycles. The topological polar surface area (TPSA) is 63.1 Å². The average Bonchev–Trinajstić information content (AvgIpc) is 2.58. The van der Waals surface area contributed by atoms with Crippen LogP contribution in [-0.4, -0.2) is 21.0 Å². The van der Waals surface area contributed by atoms with Gasteiger partial charge in [0, 0.05) is 12.4 Å². The number of carboxylic acids is 1. The lowest BCUT2D eigenvalue weighted by Gasteiger charge is -2.05. The number of hydrogen-bond donors (Lipinski definition) is 1. The van der Waals surface area contributed by atoms with E-state index in [9.17, 15) is 9.18 Å². The minimum Gasteiger partial charge on any atom is -0.478 e. The molecule has 1 N–H and O–H groups in total. The van der Waals surface area contributed by atoms with Crippen LogP contribution in [0.1, 0.15) is 61.4 Å². The number of carboxylic acid groups (broad SMARTS) is 1. The number of aryl methyl sites for hydroxylation is 1. The normalized spacial score (nSPS) is 10.8. The van der Waals surface area contributed by atoms with Crippen molar-refractivity contribution in [1.29, 1.82) is 0 Å². The van der Waals surface area contributed by atoms with Crippen molar-refractivity contribution < 1.29 is 14.3 Å². The van der Waals surface area contributed by atoms with E-state index in [-0.39, 0.29) is 17.0 Å². The minimum atomic E-state index is -1.16. The highest BCUT2D eigenvalue weighted by Gasteiger charge is 2.11. The lowest BCUT2D eigenvalue weighted by Crippen LogP contribution is -1.99. The zero-order valence-electron chi connectivity index (χ0n) is 14.0. The van der Waals surface area contributed by atoms with Crippen LogP contribution in [0, 0.1) is 5.82 Å². The molecule has 1 aromatic heterocycles. The summed E-state index contributed by atoms with van der Waals surface area (Å²) in [6.45, 7) is 2.21. The molecule has 0 aliphatic rings. The van der Waals surface area contributed by atoms with E-state index >= 15 is 0 Å². The van der Waals surface area contributed by atoms with Gasteiger partial charge in [-0.2, -0.15) is 0 Å². The lowest BCUT2D eigenvalue weighted by molar-refractivity contribution is 0.0696. The number of hydrogen-bond acceptors (Lipinski definition) is 3. The predicted molar refractivity (Wildman–Crippen MR) is 91.5 cm³/mol. The Kier molecular flexibility index (Phi) is 6.85. The first-order valence-corrected chi connectivity index (χ1v) is 8.46. The van der Waals surface area contributed by atoms with Gasteiger partial charge in [-0.25, -0.2) is 19.2 Å². The van der Waals surface area contributed by atoms with Gasteiger partial charge in [-0.1, -0.05) is 39.0 Å². The standard InChI is InChI=1S/C19H23FN2O2/c1-2-3-4-5-6-7-8-14-12-21-18(22-13-14)16-10-9-15(19(23)24)11-17(16)20/h9-13H,2-8H2,1H3,(H,23,24). The maximum atomic E-state index is 14.0. The van der Waals surface area contributed by atoms with Crippen LogP contribution in [0.15, 0.2) is 30.6 Å². The minimum absolute atomic E-state index is 0.0871. The van der Waals surface area contributed by atoms with Crippen LogP contribution in [-0.2, 0) is 6.42 Å². The number of aromatic carboxylic acids is 1. The van der Waals surface area contributed by atoms with Gasteiger partial charge >= 0.3 is 5.97 Å². The van der Waals surface area contributed by atoms with Crippen molar-refractivity contribution in [1.82, 2.24) is 9.97 Å². The van der Waals surface area contributed by atoms with E-state index in [0.717, 1.165) is 24.5 Å². The zero-order chi connectivity index (χ0) is 17.4. The highest BCUT2D eigenvalue weighted by Crippen LogP contribution is 2.20. The Morgan fingerprint density at radius 1 is 1.08 bits per heavy atom. The molecule has 0 saturated carbocycles. The number of carbonyl (C=O) groups is 1. The molecule has 0 spiro atoms. The van der Waals surface area contributed by atoms with Gasteiger partial charge in [0.25, 0.3) is 0 Å². The summed E-state index contributed by atoms with van der Waals surface area (Å²) in [5.74, 6) is -1.51. The van der Waals surface area contributed by atoms with Crippen LogP contribution in [0.4, 0.5) is 4.39 Å². The molecule has 0 radical (unpaired) electrons. The lowest BCUT2D eigenvalue weighted by atomic mass is 10.1. The van der Waals surface area contributed by atoms with Gasteiger partial charge < -0.3 is 5.11 Å². The third-order valence-electron chi connectivity index (χ3n) is 3.98. The highest BCUT2D eigenvalue weighted by molar-refractivity contribution is 5.88. The van der Waals surface area contributed by atoms with Gasteiger partial charge in [0.1, 0.15) is 5.82 Å². The van der Waals surface area contributed by atoms with Crippen molar-refractivity contribution in [2.24, 2.45) is 0 Å². The number of benzene rings is 1. The second-order valence-corrected chi connectivity index (χ2v) is 5.93. The molecule has 4 nitrogen and oxygen atoms in total. The molecule has 1 aromatic carbocycles. The number of unbranched alkanes of at least 4 members (excludes halogenated alkanes) is 5. The van der Waals surface area contributed by atoms with E-state index in [1.54, 1.807) is 12.4 Å². The molecule has 0 saturated heterocycles. The summed E-state index contributed by atoms with van der Waals surface area (Å²) in [5.41, 5.74) is 1.17. The molecule has 0 atom stereocenters. The van der Waals surface area contributed by atoms with Crippen molar-refractivity contribution in [2.75, 3.05) is 0 Å². The number of nitrogens with zero attached hydrogens (tertiary/aromatic N) is 2. The summed E-state index contributed by atoms with van der Waals surface area (Å²) < 4.78 is 14.0. The SMILES string of the molecule is CCCCCCCCc1cnc(-c2ccc(C(=O)O)cc2F)nc1. The van der Waals surface area contributed by atoms with Crippen LogP contribution >= 0.6 is 0 Å². The second kappa shape index (κ2) is 9.11. The fraction of sp³-hybridized carbons (Fsp3) is 0.421. The Hall–Kier alpha value is -2.30. The molecule has 2 rings (SSSR count). The predicted octanol–water partition coefficient (Wildman–Crippen LogP) is 4.88. The van der Waals surface area contributed by atoms with Crippen LogP contribution in [0.3, 0.4) is 0 Å². The first-order valence-electron chi connectivity index (χ1n) is 8.46. The molecule has 0 amide bonds. The summed E-state index contributed by atoms with van der Waals surface area (Å²) in [4.78, 5) is 19.3. The average molecular weight is 330 g/mol. The summed E-state index contributed by atoms with van der Waals surface area (Å²) in [7, 11) is 0. The first-order chi connectivity index (χ1) is 11.6. The van der Waals surface area contributed by atoms with Crippen molar-refractivity contribution in [3.05, 3.63) is 47.5 Å². The Bertz CT molecular complexity index is 672. The second-order valence-electron chi connectivity index (χ2n) is 5.93. The van der Waals surface area contributed by atoms with E-state index in [1.807, 2.05) is 0 Å². The van der Waals surface area contributed by atoms with E-state index in [0.29, 0.717) is 0 Å². The molecule has 5 heteroatoms. The largest absolute Gasteiger partial charge is 0.478 e. The Morgan fingerprint density at radius 2 is 1.75 bits per heavy atom. The third-order valence-corrected chi connectivity index (χ3v) is 3.98. The molecular weight excluding hydrogens is 307 g/mol. The van der Waals surface area contributed by atoms with E-state index in [1.165, 1.54) is 44.2 Å². The van der Waals surface area contributed by atoms with Crippen LogP contribution in [0.25, 0.3) is 11.4 Å². The Morgan fingerprint density at radius 3 is 2.38 bits per heavy atom. The zero-order valence-corrected chi connectivity index (χ0v) is 14.0. The molecule has 0 bridgehead atoms. The van der Waals surface area contributed by atoms with Crippen LogP contribution in [0.5, 0.6) is 0 Å². The molecule has 1 heterocycles. The van der Waals surface area contributed by atoms with Gasteiger partial charge in [-0.05, 0) is 36.6 Å². The summed E-state index contributed by atoms with van der Waals surface area (Å²) in [6, 6.07) is 3.75. The quantitative estimate of drug-likeness (QED) is 0.665. The van der Waals surface area contributed by atoms with Gasteiger partial charge in [-0.15, -0.1) is 0 Å². The van der Waals surface area contributed by atoms with E-state index in [2.05, 4.69) is 16.9 Å². The van der Waals surface area contributed by atoms with Crippen LogP contribution in [0.2, 0.25) is 0 Å². The Labute approximate surface area is 141 Å². The maximum Gasteiger partial charge on any atom is 0.335 e. The maximum absolute atomic E-state index is 14.0. The molecular formula is C19H23FN2O2. The molecule has 0 aliphatic heterocycles. The number of rotatable bonds is 9. The van der Waals surface area contributed by atoms with Gasteiger partial charge in [0.15, 0.2) is 5.82 Å². The third kappa shape index (κ3) is 5.11. The molecule has 2 aromatic rings. The molecule has 128 valence electrons. The van der Waals surface area contributed by atoms with Crippen molar-refractivity contribution >= 4 is 5.97 Å². The molecule has 0 fully saturated rings. The smallest absolute Gasteiger partial charge is 0.335 e. The number of aromatic nitrogens is 2. The molecule has 24 heavy (non-hydrogen) atoms. The first kappa shape index (κ1) is 18.0. The fourth-order valence-electron chi connectivity index (χ4n) is 2.56.